The van der Waals surface area contributed by atoms with Gasteiger partial charge in [-0.3, -0.25) is 4.79 Å². The number of rotatable bonds is 8. The van der Waals surface area contributed by atoms with Gasteiger partial charge in [-0.05, 0) is 49.1 Å². The van der Waals surface area contributed by atoms with Gasteiger partial charge in [-0.25, -0.2) is 17.8 Å². The van der Waals surface area contributed by atoms with Crippen LogP contribution < -0.4 is 15.9 Å². The zero-order valence-corrected chi connectivity index (χ0v) is 19.3. The first-order valence-electron chi connectivity index (χ1n) is 10.1. The third kappa shape index (κ3) is 5.59. The van der Waals surface area contributed by atoms with Crippen molar-refractivity contribution < 1.29 is 22.7 Å². The van der Waals surface area contributed by atoms with Crippen molar-refractivity contribution in [3.8, 4) is 5.75 Å². The molecule has 3 N–H and O–H groups in total. The number of anilines is 1. The quantitative estimate of drug-likeness (QED) is 0.280. The SMILES string of the molecule is Cc1ccc(C(C)C)c(OCc2nnc(SC(C)C(=O)Nc3ccc(F)c(F)c3F)n2N)c1. The largest absolute Gasteiger partial charge is 0.485 e. The monoisotopic (exact) mass is 479 g/mol. The molecule has 1 amide bonds. The van der Waals surface area contributed by atoms with Crippen LogP contribution in [-0.4, -0.2) is 26.0 Å². The number of carbonyl (C=O) groups excluding carboxylic acids is 1. The van der Waals surface area contributed by atoms with Gasteiger partial charge in [0.15, 0.2) is 23.3 Å². The van der Waals surface area contributed by atoms with Gasteiger partial charge in [-0.2, -0.15) is 0 Å². The zero-order valence-electron chi connectivity index (χ0n) is 18.5. The number of halogens is 3. The number of nitrogen functional groups attached to an aromatic ring is 1. The Hall–Kier alpha value is -3.21. The molecule has 7 nitrogen and oxygen atoms in total. The summed E-state index contributed by atoms with van der Waals surface area (Å²) in [7, 11) is 0. The minimum Gasteiger partial charge on any atom is -0.485 e. The second kappa shape index (κ2) is 10.2. The van der Waals surface area contributed by atoms with Crippen LogP contribution in [0, 0.1) is 24.4 Å². The van der Waals surface area contributed by atoms with Gasteiger partial charge in [-0.1, -0.05) is 37.7 Å². The van der Waals surface area contributed by atoms with Crippen LogP contribution >= 0.6 is 11.8 Å². The van der Waals surface area contributed by atoms with Gasteiger partial charge in [0, 0.05) is 0 Å². The van der Waals surface area contributed by atoms with Crippen LogP contribution in [0.3, 0.4) is 0 Å². The minimum atomic E-state index is -1.66. The minimum absolute atomic E-state index is 0.0634. The number of thioether (sulfide) groups is 1. The van der Waals surface area contributed by atoms with E-state index in [1.807, 2.05) is 25.1 Å². The molecule has 0 saturated heterocycles. The van der Waals surface area contributed by atoms with E-state index in [0.29, 0.717) is 5.82 Å². The molecule has 1 atom stereocenters. The molecule has 176 valence electrons. The van der Waals surface area contributed by atoms with Gasteiger partial charge in [-0.15, -0.1) is 10.2 Å². The molecule has 0 aliphatic carbocycles. The summed E-state index contributed by atoms with van der Waals surface area (Å²) >= 11 is 0.970. The fourth-order valence-corrected chi connectivity index (χ4v) is 3.73. The number of aromatic nitrogens is 3. The summed E-state index contributed by atoms with van der Waals surface area (Å²) in [5, 5.41) is 9.67. The summed E-state index contributed by atoms with van der Waals surface area (Å²) in [6.07, 6.45) is 0. The fourth-order valence-electron chi connectivity index (χ4n) is 2.94. The molecule has 0 bridgehead atoms. The highest BCUT2D eigenvalue weighted by atomic mass is 32.2. The fraction of sp³-hybridized carbons (Fsp3) is 0.318. The van der Waals surface area contributed by atoms with E-state index in [1.54, 1.807) is 0 Å². The first-order valence-corrected chi connectivity index (χ1v) is 11.0. The zero-order chi connectivity index (χ0) is 24.3. The Kier molecular flexibility index (Phi) is 7.52. The molecule has 0 aliphatic heterocycles. The standard InChI is InChI=1S/C22H24F3N5O2S/c1-11(2)14-6-5-12(3)9-17(14)32-10-18-28-29-22(30(18)26)33-13(4)21(31)27-16-8-7-15(23)19(24)20(16)25/h5-9,11,13H,10,26H2,1-4H3,(H,27,31). The van der Waals surface area contributed by atoms with E-state index in [0.717, 1.165) is 40.8 Å². The van der Waals surface area contributed by atoms with Crippen molar-refractivity contribution in [3.05, 3.63) is 64.7 Å². The molecule has 0 saturated carbocycles. The molecule has 1 unspecified atom stereocenters. The van der Waals surface area contributed by atoms with Crippen molar-refractivity contribution in [1.29, 1.82) is 0 Å². The molecular formula is C22H24F3N5O2S. The lowest BCUT2D eigenvalue weighted by molar-refractivity contribution is -0.115. The molecule has 3 rings (SSSR count). The summed E-state index contributed by atoms with van der Waals surface area (Å²) < 4.78 is 47.4. The highest BCUT2D eigenvalue weighted by Gasteiger charge is 2.22. The normalized spacial score (nSPS) is 12.1. The third-order valence-corrected chi connectivity index (χ3v) is 5.88. The number of aryl methyl sites for hydroxylation is 1. The molecule has 1 heterocycles. The lowest BCUT2D eigenvalue weighted by Crippen LogP contribution is -2.24. The Morgan fingerprint density at radius 2 is 1.88 bits per heavy atom. The van der Waals surface area contributed by atoms with E-state index < -0.39 is 34.3 Å². The summed E-state index contributed by atoms with van der Waals surface area (Å²) in [6.45, 7) is 7.70. The van der Waals surface area contributed by atoms with Gasteiger partial charge in [0.1, 0.15) is 12.4 Å². The summed E-state index contributed by atoms with van der Waals surface area (Å²) in [4.78, 5) is 12.4. The average molecular weight is 480 g/mol. The molecule has 33 heavy (non-hydrogen) atoms. The number of nitrogens with zero attached hydrogens (tertiary/aromatic N) is 3. The van der Waals surface area contributed by atoms with E-state index in [2.05, 4.69) is 29.4 Å². The number of ether oxygens (including phenoxy) is 1. The Labute approximate surface area is 193 Å². The summed E-state index contributed by atoms with van der Waals surface area (Å²) in [5.41, 5.74) is 1.64. The molecule has 0 radical (unpaired) electrons. The molecule has 0 fully saturated rings. The Morgan fingerprint density at radius 1 is 1.15 bits per heavy atom. The molecule has 2 aromatic carbocycles. The van der Waals surface area contributed by atoms with Gasteiger partial charge >= 0.3 is 0 Å². The molecule has 0 aliphatic rings. The molecule has 3 aromatic rings. The van der Waals surface area contributed by atoms with Crippen LogP contribution in [0.2, 0.25) is 0 Å². The van der Waals surface area contributed by atoms with Gasteiger partial charge in [0.2, 0.25) is 11.1 Å². The van der Waals surface area contributed by atoms with E-state index >= 15 is 0 Å². The maximum atomic E-state index is 13.8. The Balaban J connectivity index is 1.66. The van der Waals surface area contributed by atoms with Crippen molar-refractivity contribution >= 4 is 23.4 Å². The number of carbonyl (C=O) groups is 1. The Bertz CT molecular complexity index is 1170. The number of nitrogens with one attached hydrogen (secondary N) is 1. The maximum absolute atomic E-state index is 13.8. The van der Waals surface area contributed by atoms with E-state index in [4.69, 9.17) is 10.6 Å². The molecule has 11 heteroatoms. The highest BCUT2D eigenvalue weighted by molar-refractivity contribution is 8.00. The van der Waals surface area contributed by atoms with Crippen LogP contribution in [0.25, 0.3) is 0 Å². The second-order valence-corrected chi connectivity index (χ2v) is 9.03. The number of amides is 1. The van der Waals surface area contributed by atoms with Crippen LogP contribution in [0.5, 0.6) is 5.75 Å². The van der Waals surface area contributed by atoms with Crippen molar-refractivity contribution in [3.63, 3.8) is 0 Å². The first kappa shape index (κ1) is 24.4. The van der Waals surface area contributed by atoms with Crippen molar-refractivity contribution in [1.82, 2.24) is 14.9 Å². The molecule has 1 aromatic heterocycles. The van der Waals surface area contributed by atoms with E-state index in [1.165, 1.54) is 11.6 Å². The Morgan fingerprint density at radius 3 is 2.58 bits per heavy atom. The lowest BCUT2D eigenvalue weighted by atomic mass is 10.0. The number of hydrogen-bond donors (Lipinski definition) is 2. The molecule has 0 spiro atoms. The van der Waals surface area contributed by atoms with E-state index in [-0.39, 0.29) is 17.7 Å². The van der Waals surface area contributed by atoms with Crippen LogP contribution in [0.15, 0.2) is 35.5 Å². The smallest absolute Gasteiger partial charge is 0.237 e. The van der Waals surface area contributed by atoms with Crippen LogP contribution in [0.4, 0.5) is 18.9 Å². The van der Waals surface area contributed by atoms with E-state index in [9.17, 15) is 18.0 Å². The number of benzene rings is 2. The van der Waals surface area contributed by atoms with Crippen molar-refractivity contribution in [2.45, 2.75) is 50.6 Å². The number of nitrogens with two attached hydrogens (primary N) is 1. The predicted molar refractivity (Wildman–Crippen MR) is 120 cm³/mol. The third-order valence-electron chi connectivity index (χ3n) is 4.83. The number of hydrogen-bond acceptors (Lipinski definition) is 6. The van der Waals surface area contributed by atoms with Gasteiger partial charge < -0.3 is 15.9 Å². The highest BCUT2D eigenvalue weighted by Crippen LogP contribution is 2.29. The second-order valence-electron chi connectivity index (χ2n) is 7.73. The topological polar surface area (TPSA) is 95.1 Å². The van der Waals surface area contributed by atoms with Crippen LogP contribution in [-0.2, 0) is 11.4 Å². The average Bonchev–Trinajstić information content (AvgIpc) is 3.11. The van der Waals surface area contributed by atoms with Gasteiger partial charge in [0.05, 0.1) is 10.9 Å². The van der Waals surface area contributed by atoms with Gasteiger partial charge in [0.25, 0.3) is 0 Å². The van der Waals surface area contributed by atoms with Crippen LogP contribution in [0.1, 0.15) is 43.6 Å². The summed E-state index contributed by atoms with van der Waals surface area (Å²) in [6, 6.07) is 7.64. The lowest BCUT2D eigenvalue weighted by Gasteiger charge is -2.15. The summed E-state index contributed by atoms with van der Waals surface area (Å²) in [5.74, 6) is 2.28. The van der Waals surface area contributed by atoms with Crippen molar-refractivity contribution in [2.24, 2.45) is 0 Å². The molecular weight excluding hydrogens is 455 g/mol. The first-order chi connectivity index (χ1) is 15.6. The maximum Gasteiger partial charge on any atom is 0.237 e. The van der Waals surface area contributed by atoms with Crippen molar-refractivity contribution in [2.75, 3.05) is 11.2 Å². The predicted octanol–water partition coefficient (Wildman–Crippen LogP) is 4.54.